The number of hydrogen-bond donors (Lipinski definition) is 2. The fraction of sp³-hybridized carbons (Fsp3) is 0.750. The number of carbonyl (C=O) groups is 3. The van der Waals surface area contributed by atoms with Crippen molar-refractivity contribution in [3.63, 3.8) is 0 Å². The van der Waals surface area contributed by atoms with Crippen LogP contribution in [0.5, 0.6) is 0 Å². The van der Waals surface area contributed by atoms with Crippen molar-refractivity contribution in [3.8, 4) is 0 Å². The Balaban J connectivity index is 2.37. The summed E-state index contributed by atoms with van der Waals surface area (Å²) in [4.78, 5) is 35.3. The highest BCUT2D eigenvalue weighted by atomic mass is 16.5. The number of nitrogens with zero attached hydrogens (tertiary/aromatic N) is 1. The molecular formula is C12H20N2O5. The Morgan fingerprint density at radius 2 is 2.11 bits per heavy atom. The highest BCUT2D eigenvalue weighted by Gasteiger charge is 2.38. The van der Waals surface area contributed by atoms with E-state index in [1.54, 1.807) is 4.90 Å². The van der Waals surface area contributed by atoms with Gasteiger partial charge < -0.3 is 20.1 Å². The summed E-state index contributed by atoms with van der Waals surface area (Å²) in [5.41, 5.74) is 0. The van der Waals surface area contributed by atoms with E-state index in [4.69, 9.17) is 9.84 Å². The third-order valence-electron chi connectivity index (χ3n) is 3.36. The van der Waals surface area contributed by atoms with Crippen LogP contribution in [0.2, 0.25) is 0 Å². The Morgan fingerprint density at radius 3 is 2.68 bits per heavy atom. The van der Waals surface area contributed by atoms with Gasteiger partial charge in [-0.05, 0) is 19.8 Å². The van der Waals surface area contributed by atoms with E-state index in [2.05, 4.69) is 5.32 Å². The van der Waals surface area contributed by atoms with Gasteiger partial charge in [-0.25, -0.2) is 4.79 Å². The van der Waals surface area contributed by atoms with Crippen molar-refractivity contribution in [1.82, 2.24) is 10.2 Å². The van der Waals surface area contributed by atoms with Gasteiger partial charge in [-0.15, -0.1) is 0 Å². The van der Waals surface area contributed by atoms with Gasteiger partial charge in [-0.2, -0.15) is 0 Å². The average Bonchev–Trinajstić information content (AvgIpc) is 2.75. The van der Waals surface area contributed by atoms with Gasteiger partial charge >= 0.3 is 18.0 Å². The summed E-state index contributed by atoms with van der Waals surface area (Å²) in [7, 11) is 1.34. The first-order valence-electron chi connectivity index (χ1n) is 6.31. The number of hydrogen-bond acceptors (Lipinski definition) is 4. The van der Waals surface area contributed by atoms with E-state index in [0.29, 0.717) is 25.9 Å². The normalized spacial score (nSPS) is 22.1. The topological polar surface area (TPSA) is 95.9 Å². The van der Waals surface area contributed by atoms with Crippen molar-refractivity contribution in [2.24, 2.45) is 5.92 Å². The van der Waals surface area contributed by atoms with E-state index in [-0.39, 0.29) is 30.4 Å². The fourth-order valence-corrected chi connectivity index (χ4v) is 2.23. The smallest absolute Gasteiger partial charge is 0.317 e. The molecule has 1 aliphatic heterocycles. The van der Waals surface area contributed by atoms with Crippen molar-refractivity contribution >= 4 is 18.0 Å². The molecule has 1 heterocycles. The van der Waals surface area contributed by atoms with Crippen LogP contribution in [0.1, 0.15) is 26.2 Å². The molecule has 108 valence electrons. The molecule has 2 unspecified atom stereocenters. The molecular weight excluding hydrogens is 252 g/mol. The quantitative estimate of drug-likeness (QED) is 0.559. The van der Waals surface area contributed by atoms with Crippen LogP contribution in [-0.4, -0.2) is 54.2 Å². The zero-order valence-corrected chi connectivity index (χ0v) is 11.2. The van der Waals surface area contributed by atoms with E-state index in [1.807, 2.05) is 6.92 Å². The summed E-state index contributed by atoms with van der Waals surface area (Å²) in [6.45, 7) is 2.63. The lowest BCUT2D eigenvalue weighted by atomic mass is 10.0. The lowest BCUT2D eigenvalue weighted by Crippen LogP contribution is -2.44. The maximum Gasteiger partial charge on any atom is 0.317 e. The number of amides is 2. The molecule has 1 rings (SSSR count). The van der Waals surface area contributed by atoms with E-state index < -0.39 is 5.97 Å². The molecule has 19 heavy (non-hydrogen) atoms. The minimum absolute atomic E-state index is 0.0284. The number of urea groups is 1. The molecule has 1 fully saturated rings. The van der Waals surface area contributed by atoms with Crippen molar-refractivity contribution in [1.29, 1.82) is 0 Å². The lowest BCUT2D eigenvalue weighted by Gasteiger charge is -2.24. The van der Waals surface area contributed by atoms with Gasteiger partial charge in [-0.1, -0.05) is 0 Å². The first-order chi connectivity index (χ1) is 8.97. The Morgan fingerprint density at radius 1 is 1.42 bits per heavy atom. The Hall–Kier alpha value is -1.79. The molecule has 2 amide bonds. The summed E-state index contributed by atoms with van der Waals surface area (Å²) >= 11 is 0. The molecule has 0 saturated carbocycles. The molecule has 7 heteroatoms. The second-order valence-corrected chi connectivity index (χ2v) is 4.58. The van der Waals surface area contributed by atoms with Crippen LogP contribution >= 0.6 is 0 Å². The SMILES string of the molecule is COC(=O)C1CCN(C(=O)NCCCC(=O)O)C1C. The number of carboxylic acid groups (broad SMARTS) is 1. The van der Waals surface area contributed by atoms with Crippen molar-refractivity contribution in [2.45, 2.75) is 32.2 Å². The maximum absolute atomic E-state index is 11.9. The molecule has 0 bridgehead atoms. The standard InChI is InChI=1S/C12H20N2O5/c1-8-9(11(17)19-2)5-7-14(8)12(18)13-6-3-4-10(15)16/h8-9H,3-7H2,1-2H3,(H,13,18)(H,15,16). The van der Waals surface area contributed by atoms with Crippen LogP contribution in [0.4, 0.5) is 4.79 Å². The number of likely N-dealkylation sites (tertiary alicyclic amines) is 1. The zero-order valence-electron chi connectivity index (χ0n) is 11.2. The number of methoxy groups -OCH3 is 1. The number of carboxylic acids is 1. The molecule has 0 aromatic carbocycles. The zero-order chi connectivity index (χ0) is 14.4. The minimum Gasteiger partial charge on any atom is -0.481 e. The monoisotopic (exact) mass is 272 g/mol. The van der Waals surface area contributed by atoms with E-state index >= 15 is 0 Å². The third kappa shape index (κ3) is 4.11. The highest BCUT2D eigenvalue weighted by Crippen LogP contribution is 2.25. The van der Waals surface area contributed by atoms with Gasteiger partial charge in [0.25, 0.3) is 0 Å². The molecule has 0 radical (unpaired) electrons. The third-order valence-corrected chi connectivity index (χ3v) is 3.36. The van der Waals surface area contributed by atoms with E-state index in [0.717, 1.165) is 0 Å². The Bertz CT molecular complexity index is 358. The molecule has 0 spiro atoms. The van der Waals surface area contributed by atoms with Crippen LogP contribution in [0.3, 0.4) is 0 Å². The summed E-state index contributed by atoms with van der Waals surface area (Å²) in [5, 5.41) is 11.1. The molecule has 2 N–H and O–H groups in total. The van der Waals surface area contributed by atoms with Crippen LogP contribution in [-0.2, 0) is 14.3 Å². The minimum atomic E-state index is -0.880. The van der Waals surface area contributed by atoms with Gasteiger partial charge in [0.1, 0.15) is 0 Å². The molecule has 7 nitrogen and oxygen atoms in total. The van der Waals surface area contributed by atoms with Crippen LogP contribution in [0, 0.1) is 5.92 Å². The first-order valence-corrected chi connectivity index (χ1v) is 6.31. The van der Waals surface area contributed by atoms with E-state index in [1.165, 1.54) is 7.11 Å². The molecule has 2 atom stereocenters. The predicted molar refractivity (Wildman–Crippen MR) is 66.6 cm³/mol. The summed E-state index contributed by atoms with van der Waals surface area (Å²) < 4.78 is 4.69. The van der Waals surface area contributed by atoms with Gasteiger partial charge in [-0.3, -0.25) is 9.59 Å². The highest BCUT2D eigenvalue weighted by molar-refractivity contribution is 5.79. The summed E-state index contributed by atoms with van der Waals surface area (Å²) in [5.74, 6) is -1.46. The second-order valence-electron chi connectivity index (χ2n) is 4.58. The van der Waals surface area contributed by atoms with Crippen molar-refractivity contribution in [2.75, 3.05) is 20.2 Å². The fourth-order valence-electron chi connectivity index (χ4n) is 2.23. The Kier molecular flexibility index (Phi) is 5.59. The summed E-state index contributed by atoms with van der Waals surface area (Å²) in [6.07, 6.45) is 1.01. The maximum atomic E-state index is 11.9. The molecule has 1 aliphatic rings. The van der Waals surface area contributed by atoms with E-state index in [9.17, 15) is 14.4 Å². The first kappa shape index (κ1) is 15.3. The number of carbonyl (C=O) groups excluding carboxylic acids is 2. The van der Waals surface area contributed by atoms with Crippen LogP contribution in [0.15, 0.2) is 0 Å². The van der Waals surface area contributed by atoms with Gasteiger partial charge in [0.05, 0.1) is 13.0 Å². The second kappa shape index (κ2) is 6.96. The molecule has 0 aliphatic carbocycles. The van der Waals surface area contributed by atoms with Crippen molar-refractivity contribution in [3.05, 3.63) is 0 Å². The number of aliphatic carboxylic acids is 1. The number of esters is 1. The van der Waals surface area contributed by atoms with Gasteiger partial charge in [0, 0.05) is 25.6 Å². The number of ether oxygens (including phenoxy) is 1. The van der Waals surface area contributed by atoms with Crippen molar-refractivity contribution < 1.29 is 24.2 Å². The van der Waals surface area contributed by atoms with Gasteiger partial charge in [0.15, 0.2) is 0 Å². The number of nitrogens with one attached hydrogen (secondary N) is 1. The molecule has 1 saturated heterocycles. The Labute approximate surface area is 111 Å². The summed E-state index contributed by atoms with van der Waals surface area (Å²) in [6, 6.07) is -0.462. The predicted octanol–water partition coefficient (Wildman–Crippen LogP) is 0.444. The van der Waals surface area contributed by atoms with Crippen LogP contribution in [0.25, 0.3) is 0 Å². The van der Waals surface area contributed by atoms with Gasteiger partial charge in [0.2, 0.25) is 0 Å². The molecule has 0 aromatic rings. The number of rotatable bonds is 5. The largest absolute Gasteiger partial charge is 0.481 e. The lowest BCUT2D eigenvalue weighted by molar-refractivity contribution is -0.146. The average molecular weight is 272 g/mol. The molecule has 0 aromatic heterocycles. The van der Waals surface area contributed by atoms with Crippen LogP contribution < -0.4 is 5.32 Å².